The van der Waals surface area contributed by atoms with Crippen LogP contribution >= 0.6 is 0 Å². The highest BCUT2D eigenvalue weighted by molar-refractivity contribution is 5.89. The first kappa shape index (κ1) is 16.7. The molecule has 0 saturated heterocycles. The molecule has 3 aromatic rings. The fourth-order valence-electron chi connectivity index (χ4n) is 2.57. The van der Waals surface area contributed by atoms with Crippen LogP contribution in [0.3, 0.4) is 0 Å². The summed E-state index contributed by atoms with van der Waals surface area (Å²) in [6, 6.07) is 18.0. The molecule has 6 heteroatoms. The summed E-state index contributed by atoms with van der Waals surface area (Å²) in [5.41, 5.74) is 2.57. The van der Waals surface area contributed by atoms with Crippen molar-refractivity contribution in [3.05, 3.63) is 84.2 Å². The number of benzene rings is 2. The molecule has 0 saturated carbocycles. The van der Waals surface area contributed by atoms with E-state index < -0.39 is 6.04 Å². The molecule has 0 fully saturated rings. The van der Waals surface area contributed by atoms with Crippen molar-refractivity contribution in [1.82, 2.24) is 15.1 Å². The molecule has 0 aliphatic carbocycles. The highest BCUT2D eigenvalue weighted by atomic mass is 16.3. The maximum Gasteiger partial charge on any atom is 0.319 e. The third-order valence-corrected chi connectivity index (χ3v) is 3.78. The van der Waals surface area contributed by atoms with Crippen molar-refractivity contribution in [3.63, 3.8) is 0 Å². The van der Waals surface area contributed by atoms with Gasteiger partial charge in [-0.2, -0.15) is 5.10 Å². The zero-order valence-electron chi connectivity index (χ0n) is 13.7. The number of nitrogens with zero attached hydrogens (tertiary/aromatic N) is 2. The molecular formula is C19H20N4O2. The number of rotatable bonds is 6. The fourth-order valence-corrected chi connectivity index (χ4v) is 2.57. The molecule has 2 aromatic carbocycles. The van der Waals surface area contributed by atoms with E-state index in [4.69, 9.17) is 0 Å². The van der Waals surface area contributed by atoms with Crippen LogP contribution in [-0.2, 0) is 6.54 Å². The van der Waals surface area contributed by atoms with Crippen molar-refractivity contribution in [2.45, 2.75) is 12.6 Å². The molecule has 1 unspecified atom stereocenters. The van der Waals surface area contributed by atoms with Crippen LogP contribution in [0.25, 0.3) is 0 Å². The van der Waals surface area contributed by atoms with E-state index in [1.165, 1.54) is 0 Å². The third kappa shape index (κ3) is 4.68. The number of urea groups is 1. The van der Waals surface area contributed by atoms with E-state index in [0.717, 1.165) is 11.1 Å². The summed E-state index contributed by atoms with van der Waals surface area (Å²) in [4.78, 5) is 12.2. The predicted octanol–water partition coefficient (Wildman–Crippen LogP) is 2.79. The molecule has 1 aromatic heterocycles. The number of aliphatic hydroxyl groups is 1. The SMILES string of the molecule is O=C(Nc1cccc(Cn2cccn2)c1)NC(CO)c1ccccc1. The lowest BCUT2D eigenvalue weighted by atomic mass is 10.1. The molecule has 0 aliphatic rings. The molecule has 128 valence electrons. The first-order valence-corrected chi connectivity index (χ1v) is 8.04. The number of nitrogens with one attached hydrogen (secondary N) is 2. The number of aliphatic hydroxyl groups excluding tert-OH is 1. The number of hydrogen-bond acceptors (Lipinski definition) is 3. The highest BCUT2D eigenvalue weighted by Crippen LogP contribution is 2.14. The number of aromatic nitrogens is 2. The van der Waals surface area contributed by atoms with Crippen LogP contribution in [0.15, 0.2) is 73.1 Å². The van der Waals surface area contributed by atoms with E-state index in [1.807, 2.05) is 71.5 Å². The average Bonchev–Trinajstić information content (AvgIpc) is 3.14. The van der Waals surface area contributed by atoms with Gasteiger partial charge in [-0.25, -0.2) is 4.79 Å². The summed E-state index contributed by atoms with van der Waals surface area (Å²) >= 11 is 0. The molecule has 6 nitrogen and oxygen atoms in total. The quantitative estimate of drug-likeness (QED) is 0.647. The van der Waals surface area contributed by atoms with E-state index in [2.05, 4.69) is 15.7 Å². The molecule has 2 amide bonds. The summed E-state index contributed by atoms with van der Waals surface area (Å²) in [7, 11) is 0. The van der Waals surface area contributed by atoms with Crippen LogP contribution in [0.2, 0.25) is 0 Å². The van der Waals surface area contributed by atoms with Crippen LogP contribution in [0, 0.1) is 0 Å². The summed E-state index contributed by atoms with van der Waals surface area (Å²) in [6.07, 6.45) is 3.62. The topological polar surface area (TPSA) is 79.2 Å². The van der Waals surface area contributed by atoms with E-state index >= 15 is 0 Å². The zero-order chi connectivity index (χ0) is 17.5. The summed E-state index contributed by atoms with van der Waals surface area (Å²) in [5, 5.41) is 19.3. The molecule has 1 heterocycles. The van der Waals surface area contributed by atoms with Crippen LogP contribution in [-0.4, -0.2) is 27.5 Å². The summed E-state index contributed by atoms with van der Waals surface area (Å²) in [6.45, 7) is 0.462. The van der Waals surface area contributed by atoms with Gasteiger partial charge in [-0.1, -0.05) is 42.5 Å². The van der Waals surface area contributed by atoms with Gasteiger partial charge in [-0.3, -0.25) is 4.68 Å². The minimum atomic E-state index is -0.451. The van der Waals surface area contributed by atoms with Crippen molar-refractivity contribution in [2.75, 3.05) is 11.9 Å². The number of amides is 2. The molecule has 0 radical (unpaired) electrons. The maximum absolute atomic E-state index is 12.2. The molecule has 3 N–H and O–H groups in total. The van der Waals surface area contributed by atoms with Crippen molar-refractivity contribution >= 4 is 11.7 Å². The Morgan fingerprint density at radius 2 is 1.96 bits per heavy atom. The lowest BCUT2D eigenvalue weighted by Crippen LogP contribution is -2.34. The first-order valence-electron chi connectivity index (χ1n) is 8.04. The maximum atomic E-state index is 12.2. The normalized spacial score (nSPS) is 11.7. The Labute approximate surface area is 146 Å². The van der Waals surface area contributed by atoms with Gasteiger partial charge >= 0.3 is 6.03 Å². The van der Waals surface area contributed by atoms with E-state index in [1.54, 1.807) is 6.20 Å². The Bertz CT molecular complexity index is 803. The van der Waals surface area contributed by atoms with Crippen molar-refractivity contribution in [3.8, 4) is 0 Å². The smallest absolute Gasteiger partial charge is 0.319 e. The van der Waals surface area contributed by atoms with Crippen LogP contribution in [0.4, 0.5) is 10.5 Å². The van der Waals surface area contributed by atoms with Gasteiger partial charge in [-0.15, -0.1) is 0 Å². The Hall–Kier alpha value is -3.12. The van der Waals surface area contributed by atoms with Crippen LogP contribution < -0.4 is 10.6 Å². The van der Waals surface area contributed by atoms with Gasteiger partial charge in [0.1, 0.15) is 0 Å². The fraction of sp³-hybridized carbons (Fsp3) is 0.158. The number of anilines is 1. The van der Waals surface area contributed by atoms with E-state index in [0.29, 0.717) is 12.2 Å². The Morgan fingerprint density at radius 1 is 1.12 bits per heavy atom. The molecule has 0 aliphatic heterocycles. The van der Waals surface area contributed by atoms with Gasteiger partial charge in [0.15, 0.2) is 0 Å². The molecule has 25 heavy (non-hydrogen) atoms. The number of hydrogen-bond donors (Lipinski definition) is 3. The Balaban J connectivity index is 1.62. The van der Waals surface area contributed by atoms with Gasteiger partial charge in [-0.05, 0) is 29.3 Å². The second-order valence-electron chi connectivity index (χ2n) is 5.65. The zero-order valence-corrected chi connectivity index (χ0v) is 13.7. The Morgan fingerprint density at radius 3 is 2.68 bits per heavy atom. The lowest BCUT2D eigenvalue weighted by Gasteiger charge is -2.17. The second-order valence-corrected chi connectivity index (χ2v) is 5.65. The van der Waals surface area contributed by atoms with E-state index in [9.17, 15) is 9.90 Å². The van der Waals surface area contributed by atoms with Gasteiger partial charge in [0.05, 0.1) is 19.2 Å². The largest absolute Gasteiger partial charge is 0.394 e. The molecule has 3 rings (SSSR count). The third-order valence-electron chi connectivity index (χ3n) is 3.78. The van der Waals surface area contributed by atoms with E-state index in [-0.39, 0.29) is 12.6 Å². The molecule has 1 atom stereocenters. The van der Waals surface area contributed by atoms with Crippen LogP contribution in [0.5, 0.6) is 0 Å². The summed E-state index contributed by atoms with van der Waals surface area (Å²) < 4.78 is 1.82. The van der Waals surface area contributed by atoms with Crippen molar-refractivity contribution < 1.29 is 9.90 Å². The minimum absolute atomic E-state index is 0.170. The second kappa shape index (κ2) is 8.12. The average molecular weight is 336 g/mol. The molecule has 0 spiro atoms. The number of carbonyl (C=O) groups is 1. The van der Waals surface area contributed by atoms with Gasteiger partial charge in [0.25, 0.3) is 0 Å². The van der Waals surface area contributed by atoms with Gasteiger partial charge in [0, 0.05) is 18.1 Å². The monoisotopic (exact) mass is 336 g/mol. The van der Waals surface area contributed by atoms with Crippen molar-refractivity contribution in [2.24, 2.45) is 0 Å². The molecule has 0 bridgehead atoms. The Kier molecular flexibility index (Phi) is 5.43. The van der Waals surface area contributed by atoms with Crippen molar-refractivity contribution in [1.29, 1.82) is 0 Å². The van der Waals surface area contributed by atoms with Gasteiger partial charge in [0.2, 0.25) is 0 Å². The van der Waals surface area contributed by atoms with Crippen LogP contribution in [0.1, 0.15) is 17.2 Å². The highest BCUT2D eigenvalue weighted by Gasteiger charge is 2.13. The minimum Gasteiger partial charge on any atom is -0.394 e. The first-order chi connectivity index (χ1) is 12.2. The lowest BCUT2D eigenvalue weighted by molar-refractivity contribution is 0.225. The summed E-state index contributed by atoms with van der Waals surface area (Å²) in [5.74, 6) is 0. The predicted molar refractivity (Wildman–Crippen MR) is 96.2 cm³/mol. The van der Waals surface area contributed by atoms with Gasteiger partial charge < -0.3 is 15.7 Å². The molecular weight excluding hydrogens is 316 g/mol. The standard InChI is InChI=1S/C19H20N4O2/c24-14-18(16-7-2-1-3-8-16)22-19(25)21-17-9-4-6-15(12-17)13-23-11-5-10-20-23/h1-12,18,24H,13-14H2,(H2,21,22,25). The number of carbonyl (C=O) groups excluding carboxylic acids is 1.